The number of aromatic nitrogens is 1. The van der Waals surface area contributed by atoms with Crippen molar-refractivity contribution >= 4 is 11.6 Å². The Morgan fingerprint density at radius 2 is 2.00 bits per heavy atom. The van der Waals surface area contributed by atoms with E-state index in [-0.39, 0.29) is 11.4 Å². The molecule has 0 aliphatic rings. The van der Waals surface area contributed by atoms with Gasteiger partial charge in [0, 0.05) is 31.5 Å². The van der Waals surface area contributed by atoms with Crippen molar-refractivity contribution in [1.29, 1.82) is 0 Å². The van der Waals surface area contributed by atoms with Crippen LogP contribution in [-0.4, -0.2) is 35.4 Å². The molecule has 1 heterocycles. The molecule has 1 rings (SSSR count). The normalized spacial score (nSPS) is 11.2. The molecule has 100 valence electrons. The van der Waals surface area contributed by atoms with Gasteiger partial charge in [-0.05, 0) is 31.9 Å². The van der Waals surface area contributed by atoms with E-state index < -0.39 is 0 Å². The van der Waals surface area contributed by atoms with Crippen LogP contribution in [0.2, 0.25) is 0 Å². The second-order valence-corrected chi connectivity index (χ2v) is 5.02. The predicted molar refractivity (Wildman–Crippen MR) is 74.9 cm³/mol. The molecule has 1 N–H and O–H groups in total. The van der Waals surface area contributed by atoms with Gasteiger partial charge in [0.05, 0.1) is 0 Å². The van der Waals surface area contributed by atoms with Crippen molar-refractivity contribution in [2.45, 2.75) is 39.2 Å². The molecule has 0 spiro atoms. The molecule has 0 fully saturated rings. The minimum absolute atomic E-state index is 0.0553. The van der Waals surface area contributed by atoms with Crippen LogP contribution in [0.25, 0.3) is 0 Å². The molecule has 1 aromatic heterocycles. The summed E-state index contributed by atoms with van der Waals surface area (Å²) in [6.07, 6.45) is 3.73. The van der Waals surface area contributed by atoms with Gasteiger partial charge in [-0.25, -0.2) is 0 Å². The van der Waals surface area contributed by atoms with E-state index in [9.17, 15) is 4.79 Å². The average molecular weight is 249 g/mol. The van der Waals surface area contributed by atoms with Crippen LogP contribution < -0.4 is 5.32 Å². The minimum Gasteiger partial charge on any atom is -0.380 e. The Labute approximate surface area is 109 Å². The zero-order valence-corrected chi connectivity index (χ0v) is 11.9. The highest BCUT2D eigenvalue weighted by atomic mass is 16.2. The van der Waals surface area contributed by atoms with E-state index in [1.54, 1.807) is 20.3 Å². The molecule has 1 aromatic rings. The summed E-state index contributed by atoms with van der Waals surface area (Å²) >= 11 is 0. The molecule has 4 heteroatoms. The van der Waals surface area contributed by atoms with E-state index in [4.69, 9.17) is 0 Å². The van der Waals surface area contributed by atoms with Crippen molar-refractivity contribution < 1.29 is 4.79 Å². The molecule has 0 unspecified atom stereocenters. The number of amides is 1. The number of nitrogens with one attached hydrogen (secondary N) is 1. The van der Waals surface area contributed by atoms with Crippen molar-refractivity contribution in [3.63, 3.8) is 0 Å². The van der Waals surface area contributed by atoms with Gasteiger partial charge < -0.3 is 10.2 Å². The first-order valence-corrected chi connectivity index (χ1v) is 6.37. The van der Waals surface area contributed by atoms with E-state index in [1.165, 1.54) is 4.90 Å². The van der Waals surface area contributed by atoms with Crippen LogP contribution in [-0.2, 0) is 0 Å². The second kappa shape index (κ2) is 5.85. The number of hydrogen-bond acceptors (Lipinski definition) is 3. The number of carbonyl (C=O) groups is 1. The molecule has 0 radical (unpaired) electrons. The molecule has 0 aromatic carbocycles. The molecule has 0 aliphatic carbocycles. The third-order valence-corrected chi connectivity index (χ3v) is 3.39. The van der Waals surface area contributed by atoms with Gasteiger partial charge >= 0.3 is 0 Å². The fourth-order valence-electron chi connectivity index (χ4n) is 1.63. The van der Waals surface area contributed by atoms with Gasteiger partial charge in [0.25, 0.3) is 5.91 Å². The van der Waals surface area contributed by atoms with Crippen molar-refractivity contribution in [3.05, 3.63) is 24.0 Å². The Bertz CT molecular complexity index is 411. The fraction of sp³-hybridized carbons (Fsp3) is 0.571. The van der Waals surface area contributed by atoms with Crippen LogP contribution in [0, 0.1) is 0 Å². The monoisotopic (exact) mass is 249 g/mol. The highest BCUT2D eigenvalue weighted by Gasteiger charge is 2.19. The summed E-state index contributed by atoms with van der Waals surface area (Å²) in [5, 5.41) is 3.48. The molecule has 0 atom stereocenters. The fourth-order valence-corrected chi connectivity index (χ4v) is 1.63. The third kappa shape index (κ3) is 3.45. The molecule has 4 nitrogen and oxygen atoms in total. The summed E-state index contributed by atoms with van der Waals surface area (Å²) in [7, 11) is 3.46. The summed E-state index contributed by atoms with van der Waals surface area (Å²) in [5.41, 5.74) is 1.47. The number of pyridine rings is 1. The summed E-state index contributed by atoms with van der Waals surface area (Å²) in [4.78, 5) is 17.5. The number of hydrogen-bond donors (Lipinski definition) is 1. The van der Waals surface area contributed by atoms with Gasteiger partial charge in [0.1, 0.15) is 5.69 Å². The maximum atomic E-state index is 11.8. The number of anilines is 1. The first kappa shape index (κ1) is 14.5. The Kier molecular flexibility index (Phi) is 4.70. The zero-order chi connectivity index (χ0) is 13.8. The van der Waals surface area contributed by atoms with Crippen molar-refractivity contribution in [2.24, 2.45) is 0 Å². The van der Waals surface area contributed by atoms with Gasteiger partial charge in [-0.2, -0.15) is 0 Å². The summed E-state index contributed by atoms with van der Waals surface area (Å²) in [5.74, 6) is -0.0756. The van der Waals surface area contributed by atoms with E-state index in [2.05, 4.69) is 31.1 Å². The van der Waals surface area contributed by atoms with E-state index in [0.717, 1.165) is 18.5 Å². The van der Waals surface area contributed by atoms with Gasteiger partial charge in [0.2, 0.25) is 0 Å². The molecule has 1 amide bonds. The topological polar surface area (TPSA) is 45.2 Å². The standard InChI is InChI=1S/C14H23N3O/c1-6-14(3,7-2)16-11-8-9-15-12(10-11)13(18)17(4)5/h8-10H,6-7H2,1-5H3,(H,15,16). The highest BCUT2D eigenvalue weighted by molar-refractivity contribution is 5.92. The Hall–Kier alpha value is -1.58. The lowest BCUT2D eigenvalue weighted by atomic mass is 9.95. The zero-order valence-electron chi connectivity index (χ0n) is 11.9. The van der Waals surface area contributed by atoms with Crippen LogP contribution in [0.4, 0.5) is 5.69 Å². The molecule has 0 bridgehead atoms. The summed E-state index contributed by atoms with van der Waals surface area (Å²) in [6.45, 7) is 6.49. The van der Waals surface area contributed by atoms with E-state index in [1.807, 2.05) is 12.1 Å². The van der Waals surface area contributed by atoms with Gasteiger partial charge in [-0.1, -0.05) is 13.8 Å². The predicted octanol–water partition coefficient (Wildman–Crippen LogP) is 2.77. The van der Waals surface area contributed by atoms with Gasteiger partial charge in [-0.3, -0.25) is 9.78 Å². The van der Waals surface area contributed by atoms with Gasteiger partial charge in [-0.15, -0.1) is 0 Å². The quantitative estimate of drug-likeness (QED) is 0.872. The highest BCUT2D eigenvalue weighted by Crippen LogP contribution is 2.21. The number of carbonyl (C=O) groups excluding carboxylic acids is 1. The van der Waals surface area contributed by atoms with Gasteiger partial charge in [0.15, 0.2) is 0 Å². The maximum absolute atomic E-state index is 11.8. The lowest BCUT2D eigenvalue weighted by Crippen LogP contribution is -2.33. The molecule has 0 saturated carbocycles. The average Bonchev–Trinajstić information content (AvgIpc) is 2.37. The van der Waals surface area contributed by atoms with Crippen molar-refractivity contribution in [2.75, 3.05) is 19.4 Å². The van der Waals surface area contributed by atoms with Crippen LogP contribution in [0.1, 0.15) is 44.1 Å². The molecule has 18 heavy (non-hydrogen) atoms. The molecule has 0 saturated heterocycles. The van der Waals surface area contributed by atoms with E-state index in [0.29, 0.717) is 5.69 Å². The SMILES string of the molecule is CCC(C)(CC)Nc1ccnc(C(=O)N(C)C)c1. The van der Waals surface area contributed by atoms with E-state index >= 15 is 0 Å². The summed E-state index contributed by atoms with van der Waals surface area (Å²) in [6, 6.07) is 3.71. The lowest BCUT2D eigenvalue weighted by molar-refractivity contribution is 0.0822. The molecular weight excluding hydrogens is 226 g/mol. The van der Waals surface area contributed by atoms with Crippen molar-refractivity contribution in [3.8, 4) is 0 Å². The minimum atomic E-state index is -0.0756. The number of nitrogens with zero attached hydrogens (tertiary/aromatic N) is 2. The van der Waals surface area contributed by atoms with Crippen molar-refractivity contribution in [1.82, 2.24) is 9.88 Å². The largest absolute Gasteiger partial charge is 0.380 e. The first-order valence-electron chi connectivity index (χ1n) is 6.37. The maximum Gasteiger partial charge on any atom is 0.272 e. The molecule has 0 aliphatic heterocycles. The molecular formula is C14H23N3O. The van der Waals surface area contributed by atoms with Crippen LogP contribution in [0.3, 0.4) is 0 Å². The third-order valence-electron chi connectivity index (χ3n) is 3.39. The van der Waals surface area contributed by atoms with Crippen LogP contribution in [0.5, 0.6) is 0 Å². The lowest BCUT2D eigenvalue weighted by Gasteiger charge is -2.29. The Balaban J connectivity index is 2.92. The number of rotatable bonds is 5. The first-order chi connectivity index (χ1) is 8.41. The van der Waals surface area contributed by atoms with Crippen LogP contribution >= 0.6 is 0 Å². The second-order valence-electron chi connectivity index (χ2n) is 5.02. The summed E-state index contributed by atoms with van der Waals surface area (Å²) < 4.78 is 0. The van der Waals surface area contributed by atoms with Crippen LogP contribution in [0.15, 0.2) is 18.3 Å². The Morgan fingerprint density at radius 3 is 2.50 bits per heavy atom. The Morgan fingerprint density at radius 1 is 1.39 bits per heavy atom. The smallest absolute Gasteiger partial charge is 0.272 e.